The largest absolute Gasteiger partial charge is 0.330 e. The summed E-state index contributed by atoms with van der Waals surface area (Å²) < 4.78 is 0. The van der Waals surface area contributed by atoms with Gasteiger partial charge in [0.15, 0.2) is 5.78 Å². The van der Waals surface area contributed by atoms with Crippen LogP contribution in [0.4, 0.5) is 5.69 Å². The van der Waals surface area contributed by atoms with Crippen molar-refractivity contribution < 1.29 is 19.2 Å². The van der Waals surface area contributed by atoms with E-state index in [4.69, 9.17) is 5.73 Å². The number of hydrogen-bond acceptors (Lipinski definition) is 5. The van der Waals surface area contributed by atoms with Gasteiger partial charge in [0.25, 0.3) is 0 Å². The van der Waals surface area contributed by atoms with E-state index < -0.39 is 11.8 Å². The number of rotatable bonds is 6. The van der Waals surface area contributed by atoms with Crippen molar-refractivity contribution in [3.63, 3.8) is 0 Å². The average Bonchev–Trinajstić information content (AvgIpc) is 2.48. The molecular formula is C14H17N3O4. The van der Waals surface area contributed by atoms with Crippen molar-refractivity contribution in [1.82, 2.24) is 4.90 Å². The van der Waals surface area contributed by atoms with Crippen molar-refractivity contribution in [2.75, 3.05) is 18.4 Å². The highest BCUT2D eigenvalue weighted by atomic mass is 16.2. The minimum absolute atomic E-state index is 0.0831. The third-order valence-electron chi connectivity index (χ3n) is 2.71. The predicted octanol–water partition coefficient (Wildman–Crippen LogP) is 0.162. The van der Waals surface area contributed by atoms with Crippen molar-refractivity contribution in [3.05, 3.63) is 29.8 Å². The number of imide groups is 1. The van der Waals surface area contributed by atoms with E-state index in [0.29, 0.717) is 30.6 Å². The molecule has 7 heteroatoms. The Morgan fingerprint density at radius 2 is 2.05 bits per heavy atom. The SMILES string of the molecule is CC(=O)c1cccc(NC(=O)C(=O)N(C=O)CCCN)c1. The Balaban J connectivity index is 2.75. The molecule has 0 fully saturated rings. The van der Waals surface area contributed by atoms with Crippen LogP contribution >= 0.6 is 0 Å². The number of carbonyl (C=O) groups is 4. The highest BCUT2D eigenvalue weighted by Gasteiger charge is 2.21. The van der Waals surface area contributed by atoms with Gasteiger partial charge in [0.1, 0.15) is 0 Å². The molecule has 0 atom stereocenters. The molecular weight excluding hydrogens is 274 g/mol. The minimum atomic E-state index is -0.966. The highest BCUT2D eigenvalue weighted by Crippen LogP contribution is 2.11. The summed E-state index contributed by atoms with van der Waals surface area (Å²) in [6.07, 6.45) is 0.709. The number of carbonyl (C=O) groups excluding carboxylic acids is 4. The normalized spacial score (nSPS) is 9.81. The Hall–Kier alpha value is -2.54. The lowest BCUT2D eigenvalue weighted by Gasteiger charge is -2.14. The van der Waals surface area contributed by atoms with E-state index in [1.165, 1.54) is 13.0 Å². The predicted molar refractivity (Wildman–Crippen MR) is 76.5 cm³/mol. The molecule has 0 unspecified atom stereocenters. The fraction of sp³-hybridized carbons (Fsp3) is 0.286. The Bertz CT molecular complexity index is 557. The maximum Gasteiger partial charge on any atom is 0.318 e. The lowest BCUT2D eigenvalue weighted by Crippen LogP contribution is -2.39. The van der Waals surface area contributed by atoms with Crippen molar-refractivity contribution in [2.24, 2.45) is 5.73 Å². The number of ketones is 1. The summed E-state index contributed by atoms with van der Waals surface area (Å²) in [5.74, 6) is -2.07. The van der Waals surface area contributed by atoms with Gasteiger partial charge in [-0.2, -0.15) is 0 Å². The molecule has 0 spiro atoms. The maximum atomic E-state index is 11.8. The summed E-state index contributed by atoms with van der Waals surface area (Å²) in [5.41, 5.74) is 6.01. The Labute approximate surface area is 122 Å². The van der Waals surface area contributed by atoms with E-state index in [9.17, 15) is 19.2 Å². The number of nitrogens with one attached hydrogen (secondary N) is 1. The molecule has 1 rings (SSSR count). The number of nitrogens with zero attached hydrogens (tertiary/aromatic N) is 1. The molecule has 3 amide bonds. The number of nitrogens with two attached hydrogens (primary N) is 1. The molecule has 21 heavy (non-hydrogen) atoms. The third-order valence-corrected chi connectivity index (χ3v) is 2.71. The maximum absolute atomic E-state index is 11.8. The van der Waals surface area contributed by atoms with Crippen molar-refractivity contribution in [3.8, 4) is 0 Å². The second kappa shape index (κ2) is 7.91. The summed E-state index contributed by atoms with van der Waals surface area (Å²) in [4.78, 5) is 46.4. The first-order chi connectivity index (χ1) is 9.99. The smallest absolute Gasteiger partial charge is 0.318 e. The Kier molecular flexibility index (Phi) is 6.22. The van der Waals surface area contributed by atoms with Crippen molar-refractivity contribution in [2.45, 2.75) is 13.3 Å². The first kappa shape index (κ1) is 16.5. The van der Waals surface area contributed by atoms with E-state index in [-0.39, 0.29) is 12.3 Å². The van der Waals surface area contributed by atoms with Gasteiger partial charge in [0.05, 0.1) is 0 Å². The summed E-state index contributed by atoms with van der Waals surface area (Å²) >= 11 is 0. The first-order valence-corrected chi connectivity index (χ1v) is 6.38. The quantitative estimate of drug-likeness (QED) is 0.441. The average molecular weight is 291 g/mol. The highest BCUT2D eigenvalue weighted by molar-refractivity contribution is 6.41. The van der Waals surface area contributed by atoms with Crippen LogP contribution in [0, 0.1) is 0 Å². The van der Waals surface area contributed by atoms with Crippen molar-refractivity contribution >= 4 is 29.7 Å². The number of Topliss-reactive ketones (excluding diaryl/α,β-unsaturated/α-hetero) is 1. The molecule has 112 valence electrons. The van der Waals surface area contributed by atoms with Gasteiger partial charge in [0, 0.05) is 17.8 Å². The summed E-state index contributed by atoms with van der Waals surface area (Å²) in [7, 11) is 0. The monoisotopic (exact) mass is 291 g/mol. The van der Waals surface area contributed by atoms with Crippen LogP contribution in [0.1, 0.15) is 23.7 Å². The zero-order valence-electron chi connectivity index (χ0n) is 11.7. The zero-order chi connectivity index (χ0) is 15.8. The van der Waals surface area contributed by atoms with Gasteiger partial charge in [0.2, 0.25) is 6.41 Å². The first-order valence-electron chi connectivity index (χ1n) is 6.38. The molecule has 1 aromatic carbocycles. The number of hydrogen-bond donors (Lipinski definition) is 2. The van der Waals surface area contributed by atoms with Gasteiger partial charge in [-0.15, -0.1) is 0 Å². The summed E-state index contributed by atoms with van der Waals surface area (Å²) in [6.45, 7) is 1.78. The molecule has 7 nitrogen and oxygen atoms in total. The molecule has 0 bridgehead atoms. The van der Waals surface area contributed by atoms with E-state index in [1.54, 1.807) is 18.2 Å². The van der Waals surface area contributed by atoms with Crippen LogP contribution in [0.3, 0.4) is 0 Å². The standard InChI is InChI=1S/C14H17N3O4/c1-10(19)11-4-2-5-12(8-11)16-13(20)14(21)17(9-18)7-3-6-15/h2,4-5,8-9H,3,6-7,15H2,1H3,(H,16,20). The second-order valence-electron chi connectivity index (χ2n) is 4.34. The fourth-order valence-electron chi connectivity index (χ4n) is 1.59. The third kappa shape index (κ3) is 4.81. The van der Waals surface area contributed by atoms with Crippen LogP contribution in [0.5, 0.6) is 0 Å². The molecule has 0 radical (unpaired) electrons. The van der Waals surface area contributed by atoms with Crippen LogP contribution < -0.4 is 11.1 Å². The summed E-state index contributed by atoms with van der Waals surface area (Å²) in [6, 6.07) is 6.18. The topological polar surface area (TPSA) is 110 Å². The van der Waals surface area contributed by atoms with Crippen LogP contribution in [0.25, 0.3) is 0 Å². The van der Waals surface area contributed by atoms with Gasteiger partial charge >= 0.3 is 11.8 Å². The molecule has 0 saturated carbocycles. The molecule has 0 aromatic heterocycles. The molecule has 0 saturated heterocycles. The second-order valence-corrected chi connectivity index (χ2v) is 4.34. The molecule has 0 aliphatic rings. The van der Waals surface area contributed by atoms with Gasteiger partial charge in [-0.3, -0.25) is 24.1 Å². The lowest BCUT2D eigenvalue weighted by atomic mass is 10.1. The number of anilines is 1. The number of benzene rings is 1. The van der Waals surface area contributed by atoms with E-state index >= 15 is 0 Å². The zero-order valence-corrected chi connectivity index (χ0v) is 11.7. The molecule has 0 heterocycles. The molecule has 1 aromatic rings. The Morgan fingerprint density at radius 3 is 2.62 bits per heavy atom. The Morgan fingerprint density at radius 1 is 1.33 bits per heavy atom. The fourth-order valence-corrected chi connectivity index (χ4v) is 1.59. The van der Waals surface area contributed by atoms with Crippen LogP contribution in [0.15, 0.2) is 24.3 Å². The van der Waals surface area contributed by atoms with Crippen molar-refractivity contribution in [1.29, 1.82) is 0 Å². The lowest BCUT2D eigenvalue weighted by molar-refractivity contribution is -0.146. The summed E-state index contributed by atoms with van der Waals surface area (Å²) in [5, 5.41) is 2.36. The van der Waals surface area contributed by atoms with Gasteiger partial charge in [-0.25, -0.2) is 0 Å². The van der Waals surface area contributed by atoms with E-state index in [1.807, 2.05) is 0 Å². The van der Waals surface area contributed by atoms with Crippen LogP contribution in [-0.2, 0) is 14.4 Å². The van der Waals surface area contributed by atoms with Crippen LogP contribution in [-0.4, -0.2) is 42.0 Å². The molecule has 0 aliphatic heterocycles. The minimum Gasteiger partial charge on any atom is -0.330 e. The number of amides is 3. The van der Waals surface area contributed by atoms with Gasteiger partial charge < -0.3 is 11.1 Å². The van der Waals surface area contributed by atoms with Gasteiger partial charge in [-0.1, -0.05) is 12.1 Å². The van der Waals surface area contributed by atoms with E-state index in [0.717, 1.165) is 4.90 Å². The van der Waals surface area contributed by atoms with Crippen LogP contribution in [0.2, 0.25) is 0 Å². The van der Waals surface area contributed by atoms with Gasteiger partial charge in [-0.05, 0) is 32.0 Å². The van der Waals surface area contributed by atoms with E-state index in [2.05, 4.69) is 5.32 Å². The molecule has 0 aliphatic carbocycles. The molecule has 3 N–H and O–H groups in total.